The molecule has 19 heavy (non-hydrogen) atoms. The van der Waals surface area contributed by atoms with Crippen LogP contribution in [0, 0.1) is 6.92 Å². The molecule has 0 atom stereocenters. The molecule has 1 saturated heterocycles. The van der Waals surface area contributed by atoms with Crippen molar-refractivity contribution in [1.82, 2.24) is 20.2 Å². The molecule has 1 aromatic rings. The standard InChI is InChI=1S/C12H17F3N4/c1-9-10(7-17-11(18-9)12(13,14)15)8-19-5-2-3-16-4-6-19/h7,16H,2-6,8H2,1H3. The second kappa shape index (κ2) is 5.83. The first-order valence-corrected chi connectivity index (χ1v) is 6.29. The van der Waals surface area contributed by atoms with E-state index in [1.807, 2.05) is 0 Å². The van der Waals surface area contributed by atoms with Crippen molar-refractivity contribution in [2.45, 2.75) is 26.1 Å². The Balaban J connectivity index is 2.08. The molecule has 0 bridgehead atoms. The van der Waals surface area contributed by atoms with E-state index in [0.717, 1.165) is 38.2 Å². The third-order valence-electron chi connectivity index (χ3n) is 3.16. The second-order valence-electron chi connectivity index (χ2n) is 4.68. The van der Waals surface area contributed by atoms with Crippen LogP contribution < -0.4 is 5.32 Å². The number of nitrogens with zero attached hydrogens (tertiary/aromatic N) is 3. The normalized spacial score (nSPS) is 18.3. The molecule has 4 nitrogen and oxygen atoms in total. The summed E-state index contributed by atoms with van der Waals surface area (Å²) in [4.78, 5) is 9.18. The Labute approximate surface area is 110 Å². The van der Waals surface area contributed by atoms with Crippen molar-refractivity contribution in [3.63, 3.8) is 0 Å². The van der Waals surface area contributed by atoms with E-state index in [-0.39, 0.29) is 0 Å². The zero-order chi connectivity index (χ0) is 13.9. The highest BCUT2D eigenvalue weighted by molar-refractivity contribution is 5.17. The van der Waals surface area contributed by atoms with Gasteiger partial charge in [0.15, 0.2) is 0 Å². The molecule has 0 saturated carbocycles. The average Bonchev–Trinajstić information content (AvgIpc) is 2.59. The maximum atomic E-state index is 12.5. The summed E-state index contributed by atoms with van der Waals surface area (Å²) in [6.45, 7) is 5.92. The molecule has 0 unspecified atom stereocenters. The van der Waals surface area contributed by atoms with E-state index in [4.69, 9.17) is 0 Å². The van der Waals surface area contributed by atoms with E-state index in [9.17, 15) is 13.2 Å². The second-order valence-corrected chi connectivity index (χ2v) is 4.68. The van der Waals surface area contributed by atoms with Crippen LogP contribution in [0.3, 0.4) is 0 Å². The minimum Gasteiger partial charge on any atom is -0.315 e. The van der Waals surface area contributed by atoms with Crippen LogP contribution in [0.1, 0.15) is 23.5 Å². The largest absolute Gasteiger partial charge is 0.451 e. The van der Waals surface area contributed by atoms with Gasteiger partial charge in [0, 0.05) is 37.1 Å². The molecule has 2 rings (SSSR count). The Morgan fingerprint density at radius 3 is 2.79 bits per heavy atom. The van der Waals surface area contributed by atoms with Gasteiger partial charge in [0.05, 0.1) is 0 Å². The van der Waals surface area contributed by atoms with Gasteiger partial charge in [-0.3, -0.25) is 4.90 Å². The number of aromatic nitrogens is 2. The summed E-state index contributed by atoms with van der Waals surface area (Å²) in [6, 6.07) is 0. The van der Waals surface area contributed by atoms with Crippen molar-refractivity contribution < 1.29 is 13.2 Å². The summed E-state index contributed by atoms with van der Waals surface area (Å²) >= 11 is 0. The quantitative estimate of drug-likeness (QED) is 0.889. The lowest BCUT2D eigenvalue weighted by atomic mass is 10.2. The number of halogens is 3. The van der Waals surface area contributed by atoms with E-state index in [2.05, 4.69) is 20.2 Å². The van der Waals surface area contributed by atoms with Crippen LogP contribution in [0.2, 0.25) is 0 Å². The topological polar surface area (TPSA) is 41.1 Å². The van der Waals surface area contributed by atoms with Crippen molar-refractivity contribution >= 4 is 0 Å². The van der Waals surface area contributed by atoms with Crippen molar-refractivity contribution in [2.24, 2.45) is 0 Å². The van der Waals surface area contributed by atoms with Gasteiger partial charge in [-0.2, -0.15) is 13.2 Å². The van der Waals surface area contributed by atoms with E-state index < -0.39 is 12.0 Å². The number of alkyl halides is 3. The van der Waals surface area contributed by atoms with Gasteiger partial charge in [0.25, 0.3) is 0 Å². The third-order valence-corrected chi connectivity index (χ3v) is 3.16. The summed E-state index contributed by atoms with van der Waals surface area (Å²) in [5.74, 6) is -1.06. The minimum atomic E-state index is -4.48. The lowest BCUT2D eigenvalue weighted by Gasteiger charge is -2.20. The molecule has 0 aliphatic carbocycles. The summed E-state index contributed by atoms with van der Waals surface area (Å²) < 4.78 is 37.4. The molecule has 0 aromatic carbocycles. The predicted octanol–water partition coefficient (Wildman–Crippen LogP) is 1.60. The maximum absolute atomic E-state index is 12.5. The lowest BCUT2D eigenvalue weighted by molar-refractivity contribution is -0.145. The monoisotopic (exact) mass is 274 g/mol. The fraction of sp³-hybridized carbons (Fsp3) is 0.667. The molecular weight excluding hydrogens is 257 g/mol. The van der Waals surface area contributed by atoms with Crippen LogP contribution in [0.5, 0.6) is 0 Å². The molecule has 1 aliphatic heterocycles. The Kier molecular flexibility index (Phi) is 4.36. The Bertz CT molecular complexity index is 425. The van der Waals surface area contributed by atoms with Crippen LogP contribution in [0.25, 0.3) is 0 Å². The van der Waals surface area contributed by atoms with Gasteiger partial charge in [-0.05, 0) is 26.4 Å². The number of rotatable bonds is 2. The van der Waals surface area contributed by atoms with Crippen LogP contribution >= 0.6 is 0 Å². The molecule has 0 radical (unpaired) electrons. The predicted molar refractivity (Wildman–Crippen MR) is 64.5 cm³/mol. The van der Waals surface area contributed by atoms with Gasteiger partial charge in [-0.25, -0.2) is 9.97 Å². The van der Waals surface area contributed by atoms with Crippen molar-refractivity contribution in [2.75, 3.05) is 26.2 Å². The molecule has 2 heterocycles. The zero-order valence-corrected chi connectivity index (χ0v) is 10.8. The minimum absolute atomic E-state index is 0.402. The maximum Gasteiger partial charge on any atom is 0.451 e. The Hall–Kier alpha value is -1.21. The van der Waals surface area contributed by atoms with Crippen LogP contribution in [-0.2, 0) is 12.7 Å². The first-order valence-electron chi connectivity index (χ1n) is 6.29. The summed E-state index contributed by atoms with van der Waals surface area (Å²) in [5, 5.41) is 3.28. The molecule has 1 N–H and O–H groups in total. The van der Waals surface area contributed by atoms with E-state index in [1.54, 1.807) is 6.92 Å². The van der Waals surface area contributed by atoms with Crippen molar-refractivity contribution in [3.8, 4) is 0 Å². The molecule has 1 aromatic heterocycles. The van der Waals surface area contributed by atoms with Gasteiger partial charge in [-0.1, -0.05) is 0 Å². The highest BCUT2D eigenvalue weighted by Gasteiger charge is 2.34. The molecule has 0 amide bonds. The summed E-state index contributed by atoms with van der Waals surface area (Å²) in [6.07, 6.45) is -2.14. The van der Waals surface area contributed by atoms with Gasteiger partial charge < -0.3 is 5.32 Å². The van der Waals surface area contributed by atoms with Gasteiger partial charge >= 0.3 is 6.18 Å². The summed E-state index contributed by atoms with van der Waals surface area (Å²) in [5.41, 5.74) is 1.16. The number of aryl methyl sites for hydroxylation is 1. The molecular formula is C12H17F3N4. The van der Waals surface area contributed by atoms with Crippen molar-refractivity contribution in [1.29, 1.82) is 0 Å². The summed E-state index contributed by atoms with van der Waals surface area (Å²) in [7, 11) is 0. The van der Waals surface area contributed by atoms with Gasteiger partial charge in [0.2, 0.25) is 5.82 Å². The van der Waals surface area contributed by atoms with E-state index in [0.29, 0.717) is 12.2 Å². The molecule has 0 spiro atoms. The highest BCUT2D eigenvalue weighted by Crippen LogP contribution is 2.26. The first kappa shape index (κ1) is 14.2. The zero-order valence-electron chi connectivity index (χ0n) is 10.8. The fourth-order valence-corrected chi connectivity index (χ4v) is 2.08. The first-order chi connectivity index (χ1) is 8.97. The van der Waals surface area contributed by atoms with Crippen molar-refractivity contribution in [3.05, 3.63) is 23.3 Å². The Morgan fingerprint density at radius 1 is 1.32 bits per heavy atom. The van der Waals surface area contributed by atoms with Gasteiger partial charge in [0.1, 0.15) is 0 Å². The molecule has 7 heteroatoms. The Morgan fingerprint density at radius 2 is 2.11 bits per heavy atom. The van der Waals surface area contributed by atoms with Gasteiger partial charge in [-0.15, -0.1) is 0 Å². The van der Waals surface area contributed by atoms with Crippen LogP contribution in [0.15, 0.2) is 6.20 Å². The molecule has 106 valence electrons. The smallest absolute Gasteiger partial charge is 0.315 e. The number of hydrogen-bond donors (Lipinski definition) is 1. The lowest BCUT2D eigenvalue weighted by Crippen LogP contribution is -2.28. The number of hydrogen-bond acceptors (Lipinski definition) is 4. The van der Waals surface area contributed by atoms with E-state index in [1.165, 1.54) is 6.20 Å². The number of nitrogens with one attached hydrogen (secondary N) is 1. The molecule has 1 aliphatic rings. The van der Waals surface area contributed by atoms with Crippen LogP contribution in [-0.4, -0.2) is 41.0 Å². The average molecular weight is 274 g/mol. The van der Waals surface area contributed by atoms with E-state index >= 15 is 0 Å². The fourth-order valence-electron chi connectivity index (χ4n) is 2.08. The SMILES string of the molecule is Cc1nc(C(F)(F)F)ncc1CN1CCCNCC1. The van der Waals surface area contributed by atoms with Crippen LogP contribution in [0.4, 0.5) is 13.2 Å². The highest BCUT2D eigenvalue weighted by atomic mass is 19.4. The third kappa shape index (κ3) is 3.87. The molecule has 1 fully saturated rings.